The Morgan fingerprint density at radius 2 is 2.00 bits per heavy atom. The molecule has 33 heavy (non-hydrogen) atoms. The van der Waals surface area contributed by atoms with Crippen LogP contribution in [0.3, 0.4) is 0 Å². The normalized spacial score (nSPS) is 20.1. The van der Waals surface area contributed by atoms with Crippen LogP contribution in [0.25, 0.3) is 5.70 Å². The number of aryl methyl sites for hydroxylation is 1. The summed E-state index contributed by atoms with van der Waals surface area (Å²) in [4.78, 5) is 12.1. The zero-order valence-corrected chi connectivity index (χ0v) is 21.1. The molecule has 0 bridgehead atoms. The van der Waals surface area contributed by atoms with E-state index >= 15 is 0 Å². The van der Waals surface area contributed by atoms with Crippen LogP contribution in [0.5, 0.6) is 5.75 Å². The number of ketones is 1. The van der Waals surface area contributed by atoms with Gasteiger partial charge in [0.2, 0.25) is 0 Å². The number of benzene rings is 1. The van der Waals surface area contributed by atoms with Gasteiger partial charge >= 0.3 is 0 Å². The van der Waals surface area contributed by atoms with E-state index in [-0.39, 0.29) is 17.2 Å². The van der Waals surface area contributed by atoms with Crippen LogP contribution in [0.1, 0.15) is 83.4 Å². The molecule has 1 saturated carbocycles. The molecule has 0 amide bonds. The summed E-state index contributed by atoms with van der Waals surface area (Å²) in [5.74, 6) is 1.29. The predicted octanol–water partition coefficient (Wildman–Crippen LogP) is 7.06. The molecule has 0 radical (unpaired) electrons. The van der Waals surface area contributed by atoms with Crippen molar-refractivity contribution in [3.8, 4) is 5.75 Å². The first-order valence-electron chi connectivity index (χ1n) is 12.5. The van der Waals surface area contributed by atoms with Crippen molar-refractivity contribution in [3.05, 3.63) is 70.9 Å². The highest BCUT2D eigenvalue weighted by Gasteiger charge is 2.34. The van der Waals surface area contributed by atoms with Gasteiger partial charge in [0.1, 0.15) is 5.75 Å². The number of phenolic OH excluding ortho intramolecular Hbond substituents is 1. The quantitative estimate of drug-likeness (QED) is 0.229. The van der Waals surface area contributed by atoms with Gasteiger partial charge in [0, 0.05) is 22.9 Å². The summed E-state index contributed by atoms with van der Waals surface area (Å²) in [6.07, 6.45) is 16.1. The third-order valence-corrected chi connectivity index (χ3v) is 7.26. The van der Waals surface area contributed by atoms with Crippen molar-refractivity contribution in [1.29, 1.82) is 0 Å². The summed E-state index contributed by atoms with van der Waals surface area (Å²) < 4.78 is 0. The molecular weight excluding hydrogens is 406 g/mol. The first-order valence-corrected chi connectivity index (χ1v) is 12.5. The summed E-state index contributed by atoms with van der Waals surface area (Å²) in [6.45, 7) is 14.3. The molecule has 0 spiro atoms. The number of Topliss-reactive ketones (excluding diaryl/α,β-unsaturated/α-hetero) is 1. The van der Waals surface area contributed by atoms with Gasteiger partial charge in [-0.3, -0.25) is 4.79 Å². The maximum absolute atomic E-state index is 12.1. The van der Waals surface area contributed by atoms with Crippen molar-refractivity contribution in [2.24, 2.45) is 11.3 Å². The van der Waals surface area contributed by atoms with E-state index in [0.29, 0.717) is 16.9 Å². The van der Waals surface area contributed by atoms with E-state index in [1.54, 1.807) is 6.92 Å². The molecule has 2 aliphatic rings. The average molecular weight is 448 g/mol. The Balaban J connectivity index is 1.98. The fraction of sp³-hybridized carbons (Fsp3) is 0.500. The number of allylic oxidation sites excluding steroid dienone is 6. The molecule has 1 aromatic carbocycles. The van der Waals surface area contributed by atoms with E-state index < -0.39 is 0 Å². The van der Waals surface area contributed by atoms with Crippen LogP contribution < -0.4 is 5.32 Å². The van der Waals surface area contributed by atoms with Crippen molar-refractivity contribution in [2.45, 2.75) is 85.6 Å². The fourth-order valence-corrected chi connectivity index (χ4v) is 4.85. The first-order chi connectivity index (χ1) is 15.7. The van der Waals surface area contributed by atoms with Crippen LogP contribution >= 0.6 is 0 Å². The van der Waals surface area contributed by atoms with E-state index in [0.717, 1.165) is 48.4 Å². The number of carbonyl (C=O) groups is 1. The zero-order valence-electron chi connectivity index (χ0n) is 21.1. The standard InChI is InChI=1S/C30H41NO2/c1-7-9-15-30(5,6)29-18-24-17-23(12-10-11-22-13-14-22)28(33)19-26(24)27(31-29)16-20(3)25(8-2)21(4)32/h7-9,16-17,19,22,29,31,33H,3,10-15,18H2,1-2,4-6H3/b9-7?,25-8+,27-16-. The summed E-state index contributed by atoms with van der Waals surface area (Å²) in [6, 6.07) is 4.36. The largest absolute Gasteiger partial charge is 0.508 e. The first kappa shape index (κ1) is 25.1. The van der Waals surface area contributed by atoms with Crippen molar-refractivity contribution >= 4 is 11.5 Å². The van der Waals surface area contributed by atoms with Gasteiger partial charge in [0.05, 0.1) is 0 Å². The van der Waals surface area contributed by atoms with E-state index in [1.807, 2.05) is 25.1 Å². The van der Waals surface area contributed by atoms with Crippen molar-refractivity contribution in [2.75, 3.05) is 0 Å². The number of hydrogen-bond donors (Lipinski definition) is 2. The fourth-order valence-electron chi connectivity index (χ4n) is 4.85. The maximum atomic E-state index is 12.1. The van der Waals surface area contributed by atoms with E-state index in [2.05, 4.69) is 50.9 Å². The molecule has 178 valence electrons. The third kappa shape index (κ3) is 6.28. The highest BCUT2D eigenvalue weighted by atomic mass is 16.3. The van der Waals surface area contributed by atoms with E-state index in [1.165, 1.54) is 24.8 Å². The highest BCUT2D eigenvalue weighted by Crippen LogP contribution is 2.39. The molecule has 1 aromatic rings. The lowest BCUT2D eigenvalue weighted by Gasteiger charge is -2.40. The SMILES string of the molecule is C=C(/C=C1\NC(C(C)(C)CC=CC)Cc2cc(CCCC3CC3)c(O)cc21)/C(=C\C)C(C)=O. The van der Waals surface area contributed by atoms with Crippen molar-refractivity contribution in [3.63, 3.8) is 0 Å². The van der Waals surface area contributed by atoms with Crippen LogP contribution in [0.15, 0.2) is 54.2 Å². The summed E-state index contributed by atoms with van der Waals surface area (Å²) in [7, 11) is 0. The molecule has 1 heterocycles. The molecule has 1 unspecified atom stereocenters. The van der Waals surface area contributed by atoms with Crippen molar-refractivity contribution < 1.29 is 9.90 Å². The lowest BCUT2D eigenvalue weighted by molar-refractivity contribution is -0.113. The molecule has 0 saturated heterocycles. The average Bonchev–Trinajstić information content (AvgIpc) is 3.57. The molecule has 1 fully saturated rings. The predicted molar refractivity (Wildman–Crippen MR) is 139 cm³/mol. The second kappa shape index (κ2) is 10.6. The smallest absolute Gasteiger partial charge is 0.160 e. The Labute approximate surface area is 200 Å². The van der Waals surface area contributed by atoms with Gasteiger partial charge in [-0.1, -0.05) is 64.0 Å². The molecular formula is C30H41NO2. The van der Waals surface area contributed by atoms with Crippen LogP contribution in [0, 0.1) is 11.3 Å². The number of phenols is 1. The topological polar surface area (TPSA) is 49.3 Å². The number of hydrogen-bond acceptors (Lipinski definition) is 3. The molecule has 3 heteroatoms. The molecule has 1 aliphatic heterocycles. The maximum Gasteiger partial charge on any atom is 0.160 e. The molecule has 3 rings (SSSR count). The minimum atomic E-state index is 0.00852. The van der Waals surface area contributed by atoms with Gasteiger partial charge < -0.3 is 10.4 Å². The van der Waals surface area contributed by atoms with Gasteiger partial charge in [0.25, 0.3) is 0 Å². The Bertz CT molecular complexity index is 989. The Hall–Kier alpha value is -2.55. The Morgan fingerprint density at radius 3 is 2.61 bits per heavy atom. The van der Waals surface area contributed by atoms with Crippen LogP contribution in [0.2, 0.25) is 0 Å². The monoisotopic (exact) mass is 447 g/mol. The number of nitrogens with one attached hydrogen (secondary N) is 1. The number of fused-ring (bicyclic) bond motifs is 1. The van der Waals surface area contributed by atoms with Gasteiger partial charge in [0.15, 0.2) is 5.78 Å². The lowest BCUT2D eigenvalue weighted by Crippen LogP contribution is -2.45. The van der Waals surface area contributed by atoms with E-state index in [4.69, 9.17) is 0 Å². The second-order valence-electron chi connectivity index (χ2n) is 10.5. The number of rotatable bonds is 10. The Morgan fingerprint density at radius 1 is 1.27 bits per heavy atom. The number of aromatic hydroxyl groups is 1. The number of carbonyl (C=O) groups excluding carboxylic acids is 1. The van der Waals surface area contributed by atoms with Gasteiger partial charge in [-0.15, -0.1) is 0 Å². The summed E-state index contributed by atoms with van der Waals surface area (Å²) in [5, 5.41) is 14.6. The minimum Gasteiger partial charge on any atom is -0.508 e. The zero-order chi connectivity index (χ0) is 24.2. The van der Waals surface area contributed by atoms with Crippen LogP contribution in [0.4, 0.5) is 0 Å². The van der Waals surface area contributed by atoms with E-state index in [9.17, 15) is 9.90 Å². The van der Waals surface area contributed by atoms with Gasteiger partial charge in [-0.25, -0.2) is 0 Å². The highest BCUT2D eigenvalue weighted by molar-refractivity contribution is 5.99. The van der Waals surface area contributed by atoms with Crippen LogP contribution in [-0.2, 0) is 17.6 Å². The molecule has 2 N–H and O–H groups in total. The minimum absolute atomic E-state index is 0.00852. The summed E-state index contributed by atoms with van der Waals surface area (Å²) in [5.41, 5.74) is 5.61. The Kier molecular flexibility index (Phi) is 8.05. The molecule has 1 aliphatic carbocycles. The summed E-state index contributed by atoms with van der Waals surface area (Å²) >= 11 is 0. The lowest BCUT2D eigenvalue weighted by atomic mass is 9.75. The molecule has 3 nitrogen and oxygen atoms in total. The van der Waals surface area contributed by atoms with Crippen LogP contribution in [-0.4, -0.2) is 16.9 Å². The van der Waals surface area contributed by atoms with Gasteiger partial charge in [-0.2, -0.15) is 0 Å². The molecule has 1 atom stereocenters. The third-order valence-electron chi connectivity index (χ3n) is 7.26. The van der Waals surface area contributed by atoms with Crippen molar-refractivity contribution in [1.82, 2.24) is 5.32 Å². The second-order valence-corrected chi connectivity index (χ2v) is 10.5. The molecule has 0 aromatic heterocycles. The van der Waals surface area contributed by atoms with Gasteiger partial charge in [-0.05, 0) is 86.6 Å².